The number of H-pyrrole nitrogens is 1. The summed E-state index contributed by atoms with van der Waals surface area (Å²) in [5.41, 5.74) is 4.19. The number of thioether (sulfide) groups is 1. The summed E-state index contributed by atoms with van der Waals surface area (Å²) in [6.45, 7) is 0.604. The van der Waals surface area contributed by atoms with E-state index in [0.29, 0.717) is 12.3 Å². The number of aromatic amines is 1. The van der Waals surface area contributed by atoms with Crippen molar-refractivity contribution in [2.24, 2.45) is 0 Å². The van der Waals surface area contributed by atoms with Gasteiger partial charge in [0.05, 0.1) is 16.8 Å². The maximum atomic E-state index is 12.4. The Morgan fingerprint density at radius 1 is 1.08 bits per heavy atom. The first-order chi connectivity index (χ1) is 12.0. The highest BCUT2D eigenvalue weighted by atomic mass is 32.2. The van der Waals surface area contributed by atoms with E-state index in [9.17, 15) is 4.79 Å². The topological polar surface area (TPSA) is 52.2 Å². The Bertz CT molecular complexity index is 824. The zero-order chi connectivity index (χ0) is 17.8. The molecule has 5 nitrogen and oxygen atoms in total. The van der Waals surface area contributed by atoms with Crippen LogP contribution in [0.5, 0.6) is 0 Å². The number of amides is 1. The lowest BCUT2D eigenvalue weighted by Crippen LogP contribution is -2.27. The van der Waals surface area contributed by atoms with E-state index in [-0.39, 0.29) is 5.91 Å². The Labute approximate surface area is 152 Å². The zero-order valence-corrected chi connectivity index (χ0v) is 15.5. The molecule has 0 fully saturated rings. The van der Waals surface area contributed by atoms with E-state index >= 15 is 0 Å². The van der Waals surface area contributed by atoms with E-state index in [0.717, 1.165) is 27.4 Å². The Morgan fingerprint density at radius 3 is 2.48 bits per heavy atom. The van der Waals surface area contributed by atoms with Gasteiger partial charge >= 0.3 is 0 Å². The fraction of sp³-hybridized carbons (Fsp3) is 0.263. The minimum Gasteiger partial charge on any atom is -0.378 e. The second-order valence-electron chi connectivity index (χ2n) is 6.16. The van der Waals surface area contributed by atoms with E-state index in [2.05, 4.69) is 39.1 Å². The van der Waals surface area contributed by atoms with Gasteiger partial charge in [-0.1, -0.05) is 36.0 Å². The van der Waals surface area contributed by atoms with Crippen LogP contribution in [-0.2, 0) is 11.3 Å². The largest absolute Gasteiger partial charge is 0.378 e. The van der Waals surface area contributed by atoms with Crippen LogP contribution in [0.15, 0.2) is 53.7 Å². The van der Waals surface area contributed by atoms with Crippen LogP contribution < -0.4 is 4.90 Å². The van der Waals surface area contributed by atoms with Crippen LogP contribution in [0.25, 0.3) is 11.0 Å². The first-order valence-corrected chi connectivity index (χ1v) is 9.09. The number of anilines is 1. The van der Waals surface area contributed by atoms with Gasteiger partial charge in [-0.3, -0.25) is 4.79 Å². The van der Waals surface area contributed by atoms with E-state index < -0.39 is 0 Å². The number of benzene rings is 2. The summed E-state index contributed by atoms with van der Waals surface area (Å²) in [5.74, 6) is 0.452. The first-order valence-electron chi connectivity index (χ1n) is 8.11. The van der Waals surface area contributed by atoms with Crippen LogP contribution in [-0.4, -0.2) is 47.7 Å². The number of hydrogen-bond acceptors (Lipinski definition) is 4. The predicted molar refractivity (Wildman–Crippen MR) is 104 cm³/mol. The summed E-state index contributed by atoms with van der Waals surface area (Å²) >= 11 is 1.43. The Balaban J connectivity index is 1.55. The molecule has 1 N–H and O–H groups in total. The molecular formula is C19H22N4OS. The molecule has 1 amide bonds. The molecule has 1 heterocycles. The van der Waals surface area contributed by atoms with Crippen molar-refractivity contribution in [3.63, 3.8) is 0 Å². The van der Waals surface area contributed by atoms with Gasteiger partial charge < -0.3 is 14.8 Å². The minimum atomic E-state index is 0.0853. The van der Waals surface area contributed by atoms with Crippen molar-refractivity contribution in [2.75, 3.05) is 31.8 Å². The second-order valence-corrected chi connectivity index (χ2v) is 7.12. The molecule has 1 aromatic heterocycles. The molecule has 0 atom stereocenters. The van der Waals surface area contributed by atoms with Crippen LogP contribution >= 0.6 is 11.8 Å². The number of nitrogens with zero attached hydrogens (tertiary/aromatic N) is 3. The van der Waals surface area contributed by atoms with Gasteiger partial charge in [-0.25, -0.2) is 4.98 Å². The van der Waals surface area contributed by atoms with Gasteiger partial charge in [0.1, 0.15) is 0 Å². The highest BCUT2D eigenvalue weighted by Gasteiger charge is 2.12. The van der Waals surface area contributed by atoms with Crippen molar-refractivity contribution >= 4 is 34.4 Å². The Kier molecular flexibility index (Phi) is 5.28. The van der Waals surface area contributed by atoms with Crippen molar-refractivity contribution in [3.05, 3.63) is 54.1 Å². The minimum absolute atomic E-state index is 0.0853. The highest BCUT2D eigenvalue weighted by Crippen LogP contribution is 2.20. The molecule has 6 heteroatoms. The lowest BCUT2D eigenvalue weighted by molar-refractivity contribution is -0.127. The van der Waals surface area contributed by atoms with Gasteiger partial charge in [0.25, 0.3) is 0 Å². The maximum Gasteiger partial charge on any atom is 0.233 e. The summed E-state index contributed by atoms with van der Waals surface area (Å²) in [7, 11) is 5.86. The second kappa shape index (κ2) is 7.61. The molecule has 0 aliphatic carbocycles. The van der Waals surface area contributed by atoms with E-state index in [1.165, 1.54) is 11.8 Å². The molecule has 0 aliphatic rings. The van der Waals surface area contributed by atoms with Gasteiger partial charge in [-0.15, -0.1) is 0 Å². The number of rotatable bonds is 6. The van der Waals surface area contributed by atoms with Crippen molar-refractivity contribution in [2.45, 2.75) is 11.7 Å². The Hall–Kier alpha value is -2.47. The molecular weight excluding hydrogens is 332 g/mol. The molecule has 0 aliphatic heterocycles. The number of fused-ring (bicyclic) bond motifs is 1. The van der Waals surface area contributed by atoms with Gasteiger partial charge in [0.15, 0.2) is 5.16 Å². The average molecular weight is 354 g/mol. The van der Waals surface area contributed by atoms with Crippen LogP contribution in [0.2, 0.25) is 0 Å². The van der Waals surface area contributed by atoms with Crippen LogP contribution in [0, 0.1) is 0 Å². The third kappa shape index (κ3) is 4.33. The summed E-state index contributed by atoms with van der Waals surface area (Å²) in [4.78, 5) is 23.9. The van der Waals surface area contributed by atoms with Crippen LogP contribution in [0.1, 0.15) is 5.56 Å². The monoisotopic (exact) mass is 354 g/mol. The number of aromatic nitrogens is 2. The van der Waals surface area contributed by atoms with E-state index in [1.807, 2.05) is 45.4 Å². The third-order valence-corrected chi connectivity index (χ3v) is 4.86. The quantitative estimate of drug-likeness (QED) is 0.690. The summed E-state index contributed by atoms with van der Waals surface area (Å²) < 4.78 is 0. The number of para-hydroxylation sites is 2. The number of carbonyl (C=O) groups is 1. The lowest BCUT2D eigenvalue weighted by atomic mass is 10.2. The molecule has 0 saturated heterocycles. The van der Waals surface area contributed by atoms with Crippen LogP contribution in [0.4, 0.5) is 5.69 Å². The summed E-state index contributed by atoms with van der Waals surface area (Å²) in [6.07, 6.45) is 0. The van der Waals surface area contributed by atoms with Crippen molar-refractivity contribution in [1.29, 1.82) is 0 Å². The van der Waals surface area contributed by atoms with Gasteiger partial charge in [-0.2, -0.15) is 0 Å². The molecule has 0 bridgehead atoms. The van der Waals surface area contributed by atoms with Crippen molar-refractivity contribution in [3.8, 4) is 0 Å². The molecule has 25 heavy (non-hydrogen) atoms. The first kappa shape index (κ1) is 17.4. The van der Waals surface area contributed by atoms with E-state index in [4.69, 9.17) is 0 Å². The fourth-order valence-corrected chi connectivity index (χ4v) is 3.33. The van der Waals surface area contributed by atoms with Crippen LogP contribution in [0.3, 0.4) is 0 Å². The predicted octanol–water partition coefficient (Wildman–Crippen LogP) is 3.38. The van der Waals surface area contributed by atoms with E-state index in [1.54, 1.807) is 4.90 Å². The highest BCUT2D eigenvalue weighted by molar-refractivity contribution is 7.99. The molecule has 0 spiro atoms. The number of carbonyl (C=O) groups excluding carboxylic acids is 1. The molecule has 3 aromatic rings. The fourth-order valence-electron chi connectivity index (χ4n) is 2.50. The lowest BCUT2D eigenvalue weighted by Gasteiger charge is -2.18. The number of imidazole rings is 1. The van der Waals surface area contributed by atoms with Gasteiger partial charge in [0, 0.05) is 33.4 Å². The van der Waals surface area contributed by atoms with Crippen molar-refractivity contribution in [1.82, 2.24) is 14.9 Å². The number of nitrogens with one attached hydrogen (secondary N) is 1. The SMILES string of the molecule is CN(Cc1ccc(N(C)C)cc1)C(=O)CSc1nc2ccccc2[nH]1. The number of hydrogen-bond donors (Lipinski definition) is 1. The molecule has 0 unspecified atom stereocenters. The van der Waals surface area contributed by atoms with Gasteiger partial charge in [-0.05, 0) is 29.8 Å². The average Bonchev–Trinajstić information content (AvgIpc) is 3.03. The molecule has 130 valence electrons. The summed E-state index contributed by atoms with van der Waals surface area (Å²) in [6, 6.07) is 16.1. The standard InChI is InChI=1S/C19H22N4OS/c1-22(2)15-10-8-14(9-11-15)12-23(3)18(24)13-25-19-20-16-6-4-5-7-17(16)21-19/h4-11H,12-13H2,1-3H3,(H,20,21). The summed E-state index contributed by atoms with van der Waals surface area (Å²) in [5, 5.41) is 0.776. The third-order valence-electron chi connectivity index (χ3n) is 4.00. The zero-order valence-electron chi connectivity index (χ0n) is 14.7. The molecule has 0 saturated carbocycles. The molecule has 0 radical (unpaired) electrons. The Morgan fingerprint density at radius 2 is 1.80 bits per heavy atom. The van der Waals surface area contributed by atoms with Crippen molar-refractivity contribution < 1.29 is 4.79 Å². The van der Waals surface area contributed by atoms with Gasteiger partial charge in [0.2, 0.25) is 5.91 Å². The normalized spacial score (nSPS) is 10.8. The molecule has 2 aromatic carbocycles. The molecule has 3 rings (SSSR count). The maximum absolute atomic E-state index is 12.4. The smallest absolute Gasteiger partial charge is 0.233 e.